The molecule has 0 spiro atoms. The molecule has 1 aliphatic heterocycles. The third-order valence-electron chi connectivity index (χ3n) is 2.47. The highest BCUT2D eigenvalue weighted by Gasteiger charge is 2.22. The maximum absolute atomic E-state index is 5.35. The minimum Gasteiger partial charge on any atom is -0.390 e. The molecule has 0 aliphatic carbocycles. The van der Waals surface area contributed by atoms with Gasteiger partial charge in [-0.05, 0) is 12.8 Å². The average Bonchev–Trinajstić information content (AvgIpc) is 2.65. The third kappa shape index (κ3) is 1.79. The topological polar surface area (TPSA) is 77.4 Å². The van der Waals surface area contributed by atoms with Gasteiger partial charge in [-0.25, -0.2) is 0 Å². The third-order valence-corrected chi connectivity index (χ3v) is 2.47. The molecule has 6 heteroatoms. The molecule has 2 N–H and O–H groups in total. The Labute approximate surface area is 82.0 Å². The van der Waals surface area contributed by atoms with Crippen LogP contribution in [0.1, 0.15) is 12.8 Å². The van der Waals surface area contributed by atoms with E-state index in [0.29, 0.717) is 12.1 Å². The van der Waals surface area contributed by atoms with Crippen molar-refractivity contribution in [2.45, 2.75) is 18.9 Å². The van der Waals surface area contributed by atoms with Crippen molar-refractivity contribution >= 4 is 12.0 Å². The second-order valence-electron chi connectivity index (χ2n) is 3.38. The standard InChI is InChI=1S/C8H14N4O2/c1-12(6-2-4-13-5-3-6)8-11-10-7(9)14-8/h6H,2-5H2,1H3,(H2,9,10). The normalized spacial score (nSPS) is 18.4. The van der Waals surface area contributed by atoms with Gasteiger partial charge in [-0.3, -0.25) is 0 Å². The lowest BCUT2D eigenvalue weighted by Gasteiger charge is -2.29. The number of hydrogen-bond donors (Lipinski definition) is 1. The number of nitrogens with two attached hydrogens (primary N) is 1. The molecule has 2 heterocycles. The van der Waals surface area contributed by atoms with Gasteiger partial charge in [0.2, 0.25) is 0 Å². The predicted molar refractivity (Wildman–Crippen MR) is 51.0 cm³/mol. The summed E-state index contributed by atoms with van der Waals surface area (Å²) in [7, 11) is 1.93. The second kappa shape index (κ2) is 3.83. The molecule has 1 aromatic heterocycles. The molecule has 0 bridgehead atoms. The van der Waals surface area contributed by atoms with Gasteiger partial charge in [0.15, 0.2) is 0 Å². The molecule has 2 rings (SSSR count). The summed E-state index contributed by atoms with van der Waals surface area (Å²) in [6.45, 7) is 1.58. The molecule has 14 heavy (non-hydrogen) atoms. The van der Waals surface area contributed by atoms with E-state index < -0.39 is 0 Å². The van der Waals surface area contributed by atoms with E-state index in [1.54, 1.807) is 0 Å². The van der Waals surface area contributed by atoms with Crippen LogP contribution < -0.4 is 10.6 Å². The Morgan fingerprint density at radius 3 is 2.64 bits per heavy atom. The minimum absolute atomic E-state index is 0.110. The van der Waals surface area contributed by atoms with Gasteiger partial charge in [0.1, 0.15) is 0 Å². The monoisotopic (exact) mass is 198 g/mol. The van der Waals surface area contributed by atoms with Crippen molar-refractivity contribution in [1.29, 1.82) is 0 Å². The Kier molecular flexibility index (Phi) is 2.53. The van der Waals surface area contributed by atoms with E-state index in [1.165, 1.54) is 0 Å². The molecule has 1 saturated heterocycles. The summed E-state index contributed by atoms with van der Waals surface area (Å²) in [5.41, 5.74) is 5.35. The number of aromatic nitrogens is 2. The van der Waals surface area contributed by atoms with Crippen LogP contribution in [0.15, 0.2) is 4.42 Å². The van der Waals surface area contributed by atoms with Gasteiger partial charge in [-0.2, -0.15) is 0 Å². The van der Waals surface area contributed by atoms with Gasteiger partial charge in [0, 0.05) is 26.3 Å². The van der Waals surface area contributed by atoms with Gasteiger partial charge in [-0.15, -0.1) is 0 Å². The van der Waals surface area contributed by atoms with Crippen LogP contribution in [0.4, 0.5) is 12.0 Å². The van der Waals surface area contributed by atoms with E-state index in [1.807, 2.05) is 11.9 Å². The summed E-state index contributed by atoms with van der Waals surface area (Å²) in [6, 6.07) is 0.997. The van der Waals surface area contributed by atoms with Crippen LogP contribution in [0.2, 0.25) is 0 Å². The summed E-state index contributed by atoms with van der Waals surface area (Å²) in [5.74, 6) is 0. The first-order valence-corrected chi connectivity index (χ1v) is 4.67. The van der Waals surface area contributed by atoms with Gasteiger partial charge in [0.05, 0.1) is 0 Å². The lowest BCUT2D eigenvalue weighted by atomic mass is 10.1. The van der Waals surface area contributed by atoms with E-state index in [4.69, 9.17) is 14.9 Å². The highest BCUT2D eigenvalue weighted by Crippen LogP contribution is 2.20. The zero-order valence-electron chi connectivity index (χ0n) is 8.14. The van der Waals surface area contributed by atoms with Crippen molar-refractivity contribution in [3.8, 4) is 0 Å². The number of anilines is 2. The molecular weight excluding hydrogens is 184 g/mol. The van der Waals surface area contributed by atoms with Crippen LogP contribution in [-0.4, -0.2) is 36.5 Å². The lowest BCUT2D eigenvalue weighted by molar-refractivity contribution is 0.0846. The Bertz CT molecular complexity index is 295. The zero-order chi connectivity index (χ0) is 9.97. The Morgan fingerprint density at radius 2 is 2.07 bits per heavy atom. The molecular formula is C8H14N4O2. The molecule has 78 valence electrons. The maximum atomic E-state index is 5.35. The quantitative estimate of drug-likeness (QED) is 0.734. The van der Waals surface area contributed by atoms with E-state index in [0.717, 1.165) is 26.1 Å². The lowest BCUT2D eigenvalue weighted by Crippen LogP contribution is -2.36. The van der Waals surface area contributed by atoms with E-state index in [-0.39, 0.29) is 6.01 Å². The number of nitrogen functional groups attached to an aromatic ring is 1. The van der Waals surface area contributed by atoms with Crippen molar-refractivity contribution in [2.75, 3.05) is 30.9 Å². The first kappa shape index (κ1) is 9.26. The van der Waals surface area contributed by atoms with Crippen molar-refractivity contribution in [3.63, 3.8) is 0 Å². The van der Waals surface area contributed by atoms with Crippen molar-refractivity contribution in [1.82, 2.24) is 10.2 Å². The summed E-state index contributed by atoms with van der Waals surface area (Å²) >= 11 is 0. The predicted octanol–water partition coefficient (Wildman–Crippen LogP) is 0.267. The number of hydrogen-bond acceptors (Lipinski definition) is 6. The van der Waals surface area contributed by atoms with Crippen LogP contribution in [0.5, 0.6) is 0 Å². The number of nitrogens with zero attached hydrogens (tertiary/aromatic N) is 3. The first-order valence-electron chi connectivity index (χ1n) is 4.67. The van der Waals surface area contributed by atoms with E-state index in [2.05, 4.69) is 10.2 Å². The van der Waals surface area contributed by atoms with Crippen molar-refractivity contribution < 1.29 is 9.15 Å². The highest BCUT2D eigenvalue weighted by molar-refractivity contribution is 5.28. The van der Waals surface area contributed by atoms with Crippen LogP contribution in [0.25, 0.3) is 0 Å². The van der Waals surface area contributed by atoms with Crippen LogP contribution >= 0.6 is 0 Å². The summed E-state index contributed by atoms with van der Waals surface area (Å²) in [6.07, 6.45) is 1.97. The summed E-state index contributed by atoms with van der Waals surface area (Å²) in [5, 5.41) is 7.46. The molecule has 0 atom stereocenters. The first-order chi connectivity index (χ1) is 6.77. The molecule has 6 nitrogen and oxygen atoms in total. The van der Waals surface area contributed by atoms with Gasteiger partial charge in [-0.1, -0.05) is 10.2 Å². The zero-order valence-corrected chi connectivity index (χ0v) is 8.14. The molecule has 1 fully saturated rings. The highest BCUT2D eigenvalue weighted by atomic mass is 16.5. The van der Waals surface area contributed by atoms with Gasteiger partial charge >= 0.3 is 12.0 Å². The number of rotatable bonds is 2. The molecule has 1 aliphatic rings. The Hall–Kier alpha value is -1.30. The van der Waals surface area contributed by atoms with Gasteiger partial charge in [0.25, 0.3) is 0 Å². The molecule has 0 radical (unpaired) electrons. The van der Waals surface area contributed by atoms with E-state index >= 15 is 0 Å². The smallest absolute Gasteiger partial charge is 0.319 e. The molecule has 0 unspecified atom stereocenters. The Morgan fingerprint density at radius 1 is 1.36 bits per heavy atom. The van der Waals surface area contributed by atoms with E-state index in [9.17, 15) is 0 Å². The number of ether oxygens (including phenoxy) is 1. The fourth-order valence-electron chi connectivity index (χ4n) is 1.60. The molecule has 0 amide bonds. The fourth-order valence-corrected chi connectivity index (χ4v) is 1.60. The second-order valence-corrected chi connectivity index (χ2v) is 3.38. The van der Waals surface area contributed by atoms with Crippen LogP contribution in [0, 0.1) is 0 Å². The van der Waals surface area contributed by atoms with Gasteiger partial charge < -0.3 is 19.8 Å². The minimum atomic E-state index is 0.110. The molecule has 0 saturated carbocycles. The SMILES string of the molecule is CN(c1nnc(N)o1)C1CCOCC1. The molecule has 1 aromatic rings. The fraction of sp³-hybridized carbons (Fsp3) is 0.750. The average molecular weight is 198 g/mol. The largest absolute Gasteiger partial charge is 0.390 e. The van der Waals surface area contributed by atoms with Crippen LogP contribution in [0.3, 0.4) is 0 Å². The van der Waals surface area contributed by atoms with Crippen LogP contribution in [-0.2, 0) is 4.74 Å². The summed E-state index contributed by atoms with van der Waals surface area (Å²) < 4.78 is 10.4. The maximum Gasteiger partial charge on any atom is 0.319 e. The summed E-state index contributed by atoms with van der Waals surface area (Å²) in [4.78, 5) is 1.96. The van der Waals surface area contributed by atoms with Crippen molar-refractivity contribution in [3.05, 3.63) is 0 Å². The van der Waals surface area contributed by atoms with Crippen molar-refractivity contribution in [2.24, 2.45) is 0 Å². The molecule has 0 aromatic carbocycles. The Balaban J connectivity index is 2.03.